The summed E-state index contributed by atoms with van der Waals surface area (Å²) in [5.41, 5.74) is 3.74. The zero-order valence-corrected chi connectivity index (χ0v) is 11.8. The SMILES string of the molecule is Cn1nccc1CNC1CCCc2c1cnn2CCO. The highest BCUT2D eigenvalue weighted by atomic mass is 16.3. The van der Waals surface area contributed by atoms with Gasteiger partial charge >= 0.3 is 0 Å². The van der Waals surface area contributed by atoms with Gasteiger partial charge in [0.25, 0.3) is 0 Å². The fourth-order valence-corrected chi connectivity index (χ4v) is 2.92. The first-order valence-electron chi connectivity index (χ1n) is 7.15. The monoisotopic (exact) mass is 275 g/mol. The van der Waals surface area contributed by atoms with Crippen LogP contribution in [-0.2, 0) is 26.6 Å². The fraction of sp³-hybridized carbons (Fsp3) is 0.571. The maximum Gasteiger partial charge on any atom is 0.0644 e. The third-order valence-corrected chi connectivity index (χ3v) is 4.03. The molecule has 108 valence electrons. The van der Waals surface area contributed by atoms with Gasteiger partial charge in [0.05, 0.1) is 25.0 Å². The van der Waals surface area contributed by atoms with Gasteiger partial charge in [-0.3, -0.25) is 9.36 Å². The van der Waals surface area contributed by atoms with Crippen molar-refractivity contribution in [3.05, 3.63) is 35.4 Å². The predicted octanol–water partition coefficient (Wildman–Crippen LogP) is 0.776. The summed E-state index contributed by atoms with van der Waals surface area (Å²) in [6, 6.07) is 2.38. The van der Waals surface area contributed by atoms with E-state index in [0.29, 0.717) is 12.6 Å². The van der Waals surface area contributed by atoms with E-state index in [1.54, 1.807) is 0 Å². The first kappa shape index (κ1) is 13.3. The van der Waals surface area contributed by atoms with E-state index in [9.17, 15) is 0 Å². The first-order valence-corrected chi connectivity index (χ1v) is 7.15. The minimum atomic E-state index is 0.140. The van der Waals surface area contributed by atoms with Crippen LogP contribution in [0.4, 0.5) is 0 Å². The lowest BCUT2D eigenvalue weighted by atomic mass is 9.93. The van der Waals surface area contributed by atoms with E-state index in [2.05, 4.69) is 15.5 Å². The van der Waals surface area contributed by atoms with Crippen molar-refractivity contribution < 1.29 is 5.11 Å². The van der Waals surface area contributed by atoms with Crippen LogP contribution in [0.25, 0.3) is 0 Å². The lowest BCUT2D eigenvalue weighted by molar-refractivity contribution is 0.266. The van der Waals surface area contributed by atoms with Gasteiger partial charge in [-0.15, -0.1) is 0 Å². The topological polar surface area (TPSA) is 67.9 Å². The first-order chi connectivity index (χ1) is 9.79. The van der Waals surface area contributed by atoms with E-state index in [1.807, 2.05) is 34.9 Å². The number of nitrogens with zero attached hydrogens (tertiary/aromatic N) is 4. The zero-order valence-electron chi connectivity index (χ0n) is 11.8. The molecule has 0 saturated heterocycles. The molecule has 6 heteroatoms. The fourth-order valence-electron chi connectivity index (χ4n) is 2.92. The molecule has 2 aromatic heterocycles. The van der Waals surface area contributed by atoms with Crippen molar-refractivity contribution in [2.45, 2.75) is 38.4 Å². The molecule has 0 bridgehead atoms. The van der Waals surface area contributed by atoms with E-state index in [4.69, 9.17) is 5.11 Å². The van der Waals surface area contributed by atoms with Gasteiger partial charge in [-0.2, -0.15) is 10.2 Å². The molecule has 2 heterocycles. The molecule has 20 heavy (non-hydrogen) atoms. The lowest BCUT2D eigenvalue weighted by Gasteiger charge is -2.24. The number of fused-ring (bicyclic) bond motifs is 1. The van der Waals surface area contributed by atoms with E-state index >= 15 is 0 Å². The Hall–Kier alpha value is -1.66. The minimum absolute atomic E-state index is 0.140. The summed E-state index contributed by atoms with van der Waals surface area (Å²) in [6.07, 6.45) is 7.12. The Morgan fingerprint density at radius 2 is 2.35 bits per heavy atom. The highest BCUT2D eigenvalue weighted by Gasteiger charge is 2.23. The molecule has 0 radical (unpaired) electrons. The van der Waals surface area contributed by atoms with Gasteiger partial charge in [0.1, 0.15) is 0 Å². The van der Waals surface area contributed by atoms with E-state index in [-0.39, 0.29) is 6.61 Å². The van der Waals surface area contributed by atoms with Crippen molar-refractivity contribution in [2.75, 3.05) is 6.61 Å². The van der Waals surface area contributed by atoms with Gasteiger partial charge in [-0.25, -0.2) is 0 Å². The molecular weight excluding hydrogens is 254 g/mol. The maximum absolute atomic E-state index is 9.08. The molecule has 0 aromatic carbocycles. The number of hydrogen-bond acceptors (Lipinski definition) is 4. The number of hydrogen-bond donors (Lipinski definition) is 2. The average molecular weight is 275 g/mol. The molecular formula is C14H21N5O. The van der Waals surface area contributed by atoms with Crippen molar-refractivity contribution in [3.63, 3.8) is 0 Å². The van der Waals surface area contributed by atoms with Crippen molar-refractivity contribution >= 4 is 0 Å². The number of aliphatic hydroxyl groups is 1. The third-order valence-electron chi connectivity index (χ3n) is 4.03. The van der Waals surface area contributed by atoms with Gasteiger partial charge in [0.15, 0.2) is 0 Å². The Morgan fingerprint density at radius 3 is 3.10 bits per heavy atom. The van der Waals surface area contributed by atoms with Crippen LogP contribution in [0.3, 0.4) is 0 Å². The summed E-state index contributed by atoms with van der Waals surface area (Å²) in [7, 11) is 1.96. The Labute approximate surface area is 118 Å². The Kier molecular flexibility index (Phi) is 3.84. The van der Waals surface area contributed by atoms with Crippen molar-refractivity contribution in [1.82, 2.24) is 24.9 Å². The highest BCUT2D eigenvalue weighted by molar-refractivity contribution is 5.25. The molecule has 1 aliphatic carbocycles. The second kappa shape index (κ2) is 5.76. The molecule has 1 unspecified atom stereocenters. The van der Waals surface area contributed by atoms with Gasteiger partial charge in [0, 0.05) is 37.1 Å². The van der Waals surface area contributed by atoms with E-state index in [0.717, 1.165) is 25.8 Å². The Bertz CT molecular complexity index is 574. The summed E-state index contributed by atoms with van der Waals surface area (Å²) in [4.78, 5) is 0. The van der Waals surface area contributed by atoms with Crippen LogP contribution >= 0.6 is 0 Å². The van der Waals surface area contributed by atoms with E-state index in [1.165, 1.54) is 17.0 Å². The average Bonchev–Trinajstić information content (AvgIpc) is 3.04. The Balaban J connectivity index is 1.72. The van der Waals surface area contributed by atoms with E-state index < -0.39 is 0 Å². The highest BCUT2D eigenvalue weighted by Crippen LogP contribution is 2.29. The summed E-state index contributed by atoms with van der Waals surface area (Å²) >= 11 is 0. The molecule has 1 atom stereocenters. The van der Waals surface area contributed by atoms with Crippen molar-refractivity contribution in [2.24, 2.45) is 7.05 Å². The van der Waals surface area contributed by atoms with Crippen molar-refractivity contribution in [3.8, 4) is 0 Å². The normalized spacial score (nSPS) is 18.2. The summed E-state index contributed by atoms with van der Waals surface area (Å²) < 4.78 is 3.83. The summed E-state index contributed by atoms with van der Waals surface area (Å²) in [5, 5.41) is 21.3. The summed E-state index contributed by atoms with van der Waals surface area (Å²) in [5.74, 6) is 0. The molecule has 0 aliphatic heterocycles. The molecule has 2 N–H and O–H groups in total. The van der Waals surface area contributed by atoms with Crippen LogP contribution in [0.5, 0.6) is 0 Å². The van der Waals surface area contributed by atoms with Gasteiger partial charge in [-0.1, -0.05) is 0 Å². The molecule has 0 amide bonds. The molecule has 0 spiro atoms. The number of aliphatic hydroxyl groups excluding tert-OH is 1. The summed E-state index contributed by atoms with van der Waals surface area (Å²) in [6.45, 7) is 1.54. The molecule has 0 fully saturated rings. The second-order valence-corrected chi connectivity index (χ2v) is 5.27. The quantitative estimate of drug-likeness (QED) is 0.846. The van der Waals surface area contributed by atoms with Gasteiger partial charge in [0.2, 0.25) is 0 Å². The Morgan fingerprint density at radius 1 is 1.45 bits per heavy atom. The number of rotatable bonds is 5. The van der Waals surface area contributed by atoms with Crippen LogP contribution < -0.4 is 5.32 Å². The van der Waals surface area contributed by atoms with Gasteiger partial charge in [-0.05, 0) is 25.3 Å². The van der Waals surface area contributed by atoms with Gasteiger partial charge < -0.3 is 10.4 Å². The van der Waals surface area contributed by atoms with Crippen LogP contribution in [0, 0.1) is 0 Å². The van der Waals surface area contributed by atoms with Crippen LogP contribution in [0.2, 0.25) is 0 Å². The molecule has 6 nitrogen and oxygen atoms in total. The lowest BCUT2D eigenvalue weighted by Crippen LogP contribution is -2.26. The predicted molar refractivity (Wildman–Crippen MR) is 75.0 cm³/mol. The molecule has 2 aromatic rings. The number of aryl methyl sites for hydroxylation is 1. The standard InChI is InChI=1S/C14H21N5O/c1-18-11(5-6-16-18)9-15-13-3-2-4-14-12(13)10-17-19(14)7-8-20/h5-6,10,13,15,20H,2-4,7-9H2,1H3. The maximum atomic E-state index is 9.08. The largest absolute Gasteiger partial charge is 0.394 e. The second-order valence-electron chi connectivity index (χ2n) is 5.27. The molecule has 3 rings (SSSR count). The smallest absolute Gasteiger partial charge is 0.0644 e. The van der Waals surface area contributed by atoms with Crippen molar-refractivity contribution in [1.29, 1.82) is 0 Å². The third kappa shape index (κ3) is 2.48. The zero-order chi connectivity index (χ0) is 13.9. The van der Waals surface area contributed by atoms with Crippen LogP contribution in [0.1, 0.15) is 35.8 Å². The van der Waals surface area contributed by atoms with Crippen LogP contribution in [0.15, 0.2) is 18.5 Å². The molecule has 0 saturated carbocycles. The molecule has 1 aliphatic rings. The number of nitrogens with one attached hydrogen (secondary N) is 1. The number of aromatic nitrogens is 4. The van der Waals surface area contributed by atoms with Crippen LogP contribution in [-0.4, -0.2) is 31.3 Å². The minimum Gasteiger partial charge on any atom is -0.394 e.